The van der Waals surface area contributed by atoms with Crippen molar-refractivity contribution in [1.82, 2.24) is 0 Å². The summed E-state index contributed by atoms with van der Waals surface area (Å²) in [5, 5.41) is 0. The van der Waals surface area contributed by atoms with Crippen molar-refractivity contribution in [2.75, 3.05) is 0 Å². The van der Waals surface area contributed by atoms with E-state index in [1.807, 2.05) is 0 Å². The second kappa shape index (κ2) is 4.24. The fraction of sp³-hybridized carbons (Fsp3) is 1.00. The Balaban J connectivity index is 0. The molecule has 0 spiro atoms. The predicted molar refractivity (Wildman–Crippen MR) is 16.1 cm³/mol. The average molecular weight is 213 g/mol. The van der Waals surface area contributed by atoms with Gasteiger partial charge in [0.05, 0.1) is 11.4 Å². The number of rotatable bonds is 1. The molecule has 8 heteroatoms. The summed E-state index contributed by atoms with van der Waals surface area (Å²) in [6.07, 6.45) is -5.09. The Bertz CT molecular complexity index is 102. The van der Waals surface area contributed by atoms with E-state index in [1.54, 1.807) is 0 Å². The van der Waals surface area contributed by atoms with E-state index in [1.165, 1.54) is 0 Å². The van der Waals surface area contributed by atoms with E-state index < -0.39 is 17.7 Å². The Morgan fingerprint density at radius 2 is 1.78 bits per heavy atom. The van der Waals surface area contributed by atoms with E-state index in [4.69, 9.17) is 8.76 Å². The molecule has 9 heavy (non-hydrogen) atoms. The van der Waals surface area contributed by atoms with Gasteiger partial charge >= 0.3 is 23.4 Å². The van der Waals surface area contributed by atoms with Crippen molar-refractivity contribution in [2.24, 2.45) is 0 Å². The molecule has 0 bridgehead atoms. The second-order valence-electron chi connectivity index (χ2n) is 0.733. The molecule has 0 rings (SSSR count). The van der Waals surface area contributed by atoms with Gasteiger partial charge in [-0.15, -0.1) is 13.2 Å². The fourth-order valence-electron chi connectivity index (χ4n) is 0.0772. The molecule has 0 saturated carbocycles. The Morgan fingerprint density at radius 1 is 1.44 bits per heavy atom. The molecule has 60 valence electrons. The first kappa shape index (κ1) is 12.1. The molecule has 0 aliphatic rings. The van der Waals surface area contributed by atoms with Crippen LogP contribution in [0.25, 0.3) is 0 Å². The van der Waals surface area contributed by atoms with Crippen LogP contribution >= 0.6 is 0 Å². The molecular weight excluding hydrogens is 213 g/mol. The maximum atomic E-state index is 10.7. The van der Waals surface area contributed by atoms with E-state index in [2.05, 4.69) is 4.18 Å². The van der Waals surface area contributed by atoms with Crippen LogP contribution in [0.15, 0.2) is 0 Å². The Kier molecular flexibility index (Phi) is 5.69. The maximum Gasteiger partial charge on any atom is 1.00 e. The molecule has 1 atom stereocenters. The van der Waals surface area contributed by atoms with Crippen LogP contribution in [0.1, 0.15) is 0 Å². The maximum absolute atomic E-state index is 10.7. The SMILES string of the molecule is O=S([O-])OC(F)(F)F.[Cu+]. The summed E-state index contributed by atoms with van der Waals surface area (Å²) in [7, 11) is 0. The van der Waals surface area contributed by atoms with Crippen LogP contribution in [0.3, 0.4) is 0 Å². The van der Waals surface area contributed by atoms with Gasteiger partial charge in [-0.3, -0.25) is 0 Å². The van der Waals surface area contributed by atoms with Crippen molar-refractivity contribution in [1.29, 1.82) is 0 Å². The van der Waals surface area contributed by atoms with Crippen LogP contribution in [0.4, 0.5) is 13.2 Å². The van der Waals surface area contributed by atoms with Crippen molar-refractivity contribution in [2.45, 2.75) is 6.36 Å². The Hall–Kier alpha value is 0.379. The van der Waals surface area contributed by atoms with Gasteiger partial charge in [-0.1, -0.05) is 0 Å². The van der Waals surface area contributed by atoms with Crippen LogP contribution < -0.4 is 0 Å². The fourth-order valence-corrected chi connectivity index (χ4v) is 0.231. The molecule has 0 fully saturated rings. The Morgan fingerprint density at radius 3 is 1.78 bits per heavy atom. The summed E-state index contributed by atoms with van der Waals surface area (Å²) < 4.78 is 52.6. The number of hydrogen-bond acceptors (Lipinski definition) is 3. The van der Waals surface area contributed by atoms with Crippen LogP contribution in [0.2, 0.25) is 0 Å². The van der Waals surface area contributed by atoms with Crippen molar-refractivity contribution < 1.29 is 43.2 Å². The minimum absolute atomic E-state index is 0. The summed E-state index contributed by atoms with van der Waals surface area (Å²) in [4.78, 5) is 0. The first-order valence-electron chi connectivity index (χ1n) is 1.27. The van der Waals surface area contributed by atoms with Gasteiger partial charge in [-0.2, -0.15) is 0 Å². The molecular formula is CCuF3O3S. The molecule has 0 aromatic rings. The quantitative estimate of drug-likeness (QED) is 0.465. The first-order valence-corrected chi connectivity index (χ1v) is 2.27. The molecule has 0 aromatic carbocycles. The summed E-state index contributed by atoms with van der Waals surface area (Å²) in [5.41, 5.74) is 0. The topological polar surface area (TPSA) is 49.4 Å². The van der Waals surface area contributed by atoms with Crippen molar-refractivity contribution >= 4 is 11.4 Å². The van der Waals surface area contributed by atoms with Crippen LogP contribution in [-0.2, 0) is 32.6 Å². The van der Waals surface area contributed by atoms with Gasteiger partial charge in [0.1, 0.15) is 0 Å². The zero-order valence-electron chi connectivity index (χ0n) is 3.57. The monoisotopic (exact) mass is 212 g/mol. The van der Waals surface area contributed by atoms with E-state index in [0.29, 0.717) is 0 Å². The molecule has 0 heterocycles. The molecule has 0 aromatic heterocycles. The normalized spacial score (nSPS) is 14.2. The molecule has 1 unspecified atom stereocenters. The van der Waals surface area contributed by atoms with E-state index in [9.17, 15) is 13.2 Å². The van der Waals surface area contributed by atoms with E-state index in [-0.39, 0.29) is 17.1 Å². The molecule has 0 amide bonds. The zero-order chi connectivity index (χ0) is 6.78. The minimum atomic E-state index is -5.09. The van der Waals surface area contributed by atoms with E-state index in [0.717, 1.165) is 0 Å². The average Bonchev–Trinajstić information content (AvgIpc) is 1.21. The minimum Gasteiger partial charge on any atom is -0.750 e. The summed E-state index contributed by atoms with van der Waals surface area (Å²) in [5.74, 6) is 0. The number of hydrogen-bond donors (Lipinski definition) is 0. The second-order valence-corrected chi connectivity index (χ2v) is 1.31. The van der Waals surface area contributed by atoms with Crippen molar-refractivity contribution in [3.63, 3.8) is 0 Å². The molecule has 0 N–H and O–H groups in total. The third-order valence-corrected chi connectivity index (χ3v) is 0.488. The zero-order valence-corrected chi connectivity index (χ0v) is 5.33. The smallest absolute Gasteiger partial charge is 0.750 e. The van der Waals surface area contributed by atoms with Crippen LogP contribution in [0, 0.1) is 0 Å². The van der Waals surface area contributed by atoms with Gasteiger partial charge in [0.2, 0.25) is 0 Å². The largest absolute Gasteiger partial charge is 1.00 e. The molecule has 0 radical (unpaired) electrons. The molecule has 0 saturated heterocycles. The Labute approximate surface area is 61.5 Å². The number of alkyl halides is 3. The third-order valence-electron chi connectivity index (χ3n) is 0.163. The van der Waals surface area contributed by atoms with Gasteiger partial charge in [0, 0.05) is 0 Å². The van der Waals surface area contributed by atoms with Gasteiger partial charge in [-0.25, -0.2) is 8.39 Å². The standard InChI is InChI=1S/CHF3O3S.Cu/c2-1(3,4)7-8(5)6;/h(H,5,6);/q;+1/p-1. The third kappa shape index (κ3) is 11.8. The van der Waals surface area contributed by atoms with E-state index >= 15 is 0 Å². The predicted octanol–water partition coefficient (Wildman–Crippen LogP) is 0.314. The molecule has 0 aliphatic heterocycles. The van der Waals surface area contributed by atoms with Gasteiger partial charge in [0.15, 0.2) is 0 Å². The molecule has 3 nitrogen and oxygen atoms in total. The van der Waals surface area contributed by atoms with Gasteiger partial charge in [-0.05, 0) is 0 Å². The summed E-state index contributed by atoms with van der Waals surface area (Å²) in [6, 6.07) is 0. The van der Waals surface area contributed by atoms with Crippen molar-refractivity contribution in [3.8, 4) is 0 Å². The van der Waals surface area contributed by atoms with Crippen LogP contribution in [0.5, 0.6) is 0 Å². The van der Waals surface area contributed by atoms with Gasteiger partial charge < -0.3 is 4.55 Å². The molecule has 0 aliphatic carbocycles. The van der Waals surface area contributed by atoms with Crippen LogP contribution in [-0.4, -0.2) is 15.1 Å². The first-order chi connectivity index (χ1) is 3.42. The van der Waals surface area contributed by atoms with Crippen molar-refractivity contribution in [3.05, 3.63) is 0 Å². The summed E-state index contributed by atoms with van der Waals surface area (Å²) >= 11 is -3.51. The summed E-state index contributed by atoms with van der Waals surface area (Å²) in [6.45, 7) is 0. The number of halogens is 3. The van der Waals surface area contributed by atoms with Gasteiger partial charge in [0.25, 0.3) is 0 Å².